The van der Waals surface area contributed by atoms with Gasteiger partial charge in [-0.25, -0.2) is 17.2 Å². The van der Waals surface area contributed by atoms with Gasteiger partial charge in [-0.1, -0.05) is 24.3 Å². The summed E-state index contributed by atoms with van der Waals surface area (Å²) < 4.78 is 134. The van der Waals surface area contributed by atoms with Crippen molar-refractivity contribution in [2.24, 2.45) is 5.92 Å². The highest BCUT2D eigenvalue weighted by atomic mass is 32.2. The number of aromatic nitrogens is 1. The van der Waals surface area contributed by atoms with Gasteiger partial charge in [0.1, 0.15) is 16.3 Å². The highest BCUT2D eigenvalue weighted by molar-refractivity contribution is 7.92. The van der Waals surface area contributed by atoms with E-state index in [0.717, 1.165) is 42.0 Å². The van der Waals surface area contributed by atoms with Crippen molar-refractivity contribution in [2.75, 3.05) is 0 Å². The lowest BCUT2D eigenvalue weighted by molar-refractivity contribution is -0.348. The standard InChI is InChI=1S/C29H25F8NO3S/c30-23-5-7-25(8-6-23)42(40,41)26(13-9-19(10-14-26)17-24(39)18-20-11-15-38-16-12-20)21-1-3-22(4-2-21)27(31,28(32,33)34)29(35,36)37/h1-8,11-12,15-16,19H,9-10,13-14,17-18H2. The third-order valence-corrected chi connectivity index (χ3v) is 10.4. The van der Waals surface area contributed by atoms with E-state index in [1.165, 1.54) is 0 Å². The van der Waals surface area contributed by atoms with Crippen molar-refractivity contribution in [3.05, 3.63) is 95.6 Å². The van der Waals surface area contributed by atoms with Crippen molar-refractivity contribution in [1.82, 2.24) is 4.98 Å². The van der Waals surface area contributed by atoms with E-state index in [1.54, 1.807) is 24.5 Å². The number of sulfone groups is 1. The zero-order chi connectivity index (χ0) is 31.0. The summed E-state index contributed by atoms with van der Waals surface area (Å²) in [6.07, 6.45) is -9.16. The molecule has 0 spiro atoms. The van der Waals surface area contributed by atoms with Crippen molar-refractivity contribution in [2.45, 2.75) is 66.2 Å². The van der Waals surface area contributed by atoms with Gasteiger partial charge in [-0.15, -0.1) is 0 Å². The number of carbonyl (C=O) groups is 1. The van der Waals surface area contributed by atoms with Crippen LogP contribution in [0.2, 0.25) is 0 Å². The van der Waals surface area contributed by atoms with Gasteiger partial charge in [-0.2, -0.15) is 26.3 Å². The van der Waals surface area contributed by atoms with Crippen LogP contribution in [-0.4, -0.2) is 31.5 Å². The number of benzene rings is 2. The Hall–Kier alpha value is -3.35. The summed E-state index contributed by atoms with van der Waals surface area (Å²) in [4.78, 5) is 16.2. The summed E-state index contributed by atoms with van der Waals surface area (Å²) in [6, 6.07) is 9.35. The molecular weight excluding hydrogens is 594 g/mol. The first-order valence-corrected chi connectivity index (χ1v) is 14.3. The Balaban J connectivity index is 1.68. The minimum Gasteiger partial charge on any atom is -0.299 e. The van der Waals surface area contributed by atoms with Gasteiger partial charge in [0.25, 0.3) is 0 Å². The van der Waals surface area contributed by atoms with Gasteiger partial charge in [0.05, 0.1) is 4.90 Å². The third-order valence-electron chi connectivity index (χ3n) is 7.81. The molecule has 1 aliphatic rings. The average Bonchev–Trinajstić information content (AvgIpc) is 2.92. The maximum Gasteiger partial charge on any atom is 0.435 e. The number of nitrogens with zero attached hydrogens (tertiary/aromatic N) is 1. The summed E-state index contributed by atoms with van der Waals surface area (Å²) in [5.74, 6) is -1.05. The molecule has 0 saturated heterocycles. The molecule has 1 aromatic heterocycles. The van der Waals surface area contributed by atoms with Gasteiger partial charge >= 0.3 is 18.0 Å². The summed E-state index contributed by atoms with van der Waals surface area (Å²) in [6.45, 7) is 0. The van der Waals surface area contributed by atoms with E-state index in [4.69, 9.17) is 0 Å². The zero-order valence-corrected chi connectivity index (χ0v) is 22.7. The fourth-order valence-electron chi connectivity index (χ4n) is 5.51. The van der Waals surface area contributed by atoms with Gasteiger partial charge in [0, 0.05) is 30.8 Å². The second-order valence-electron chi connectivity index (χ2n) is 10.4. The Bertz CT molecular complexity index is 1480. The molecular formula is C29H25F8NO3S. The lowest BCUT2D eigenvalue weighted by atomic mass is 9.75. The molecule has 0 unspecified atom stereocenters. The SMILES string of the molecule is O=C(Cc1ccncc1)CC1CCC(c2ccc(C(F)(C(F)(F)F)C(F)(F)F)cc2)(S(=O)(=O)c2ccc(F)cc2)CC1. The minimum absolute atomic E-state index is 0.0944. The fraction of sp³-hybridized carbons (Fsp3) is 0.379. The van der Waals surface area contributed by atoms with E-state index in [2.05, 4.69) is 4.98 Å². The van der Waals surface area contributed by atoms with Crippen LogP contribution in [0.4, 0.5) is 35.1 Å². The Kier molecular flexibility index (Phi) is 8.56. The monoisotopic (exact) mass is 619 g/mol. The first-order chi connectivity index (χ1) is 19.5. The van der Waals surface area contributed by atoms with E-state index in [9.17, 15) is 48.3 Å². The molecule has 0 amide bonds. The predicted octanol–water partition coefficient (Wildman–Crippen LogP) is 7.57. The van der Waals surface area contributed by atoms with Crippen LogP contribution < -0.4 is 0 Å². The largest absolute Gasteiger partial charge is 0.435 e. The number of alkyl halides is 7. The van der Waals surface area contributed by atoms with Crippen molar-refractivity contribution in [3.63, 3.8) is 0 Å². The molecule has 0 atom stereocenters. The Morgan fingerprint density at radius 2 is 1.33 bits per heavy atom. The second kappa shape index (κ2) is 11.4. The van der Waals surface area contributed by atoms with Crippen LogP contribution in [0.5, 0.6) is 0 Å². The van der Waals surface area contributed by atoms with Crippen LogP contribution in [0.15, 0.2) is 78.0 Å². The molecule has 1 heterocycles. The van der Waals surface area contributed by atoms with E-state index in [1.807, 2.05) is 0 Å². The van der Waals surface area contributed by atoms with Crippen molar-refractivity contribution in [1.29, 1.82) is 0 Å². The van der Waals surface area contributed by atoms with Crippen molar-refractivity contribution >= 4 is 15.6 Å². The molecule has 1 saturated carbocycles. The molecule has 226 valence electrons. The lowest BCUT2D eigenvalue weighted by Crippen LogP contribution is -2.50. The third kappa shape index (κ3) is 5.80. The van der Waals surface area contributed by atoms with Gasteiger partial charge in [0.2, 0.25) is 0 Å². The van der Waals surface area contributed by atoms with E-state index in [-0.39, 0.29) is 60.7 Å². The van der Waals surface area contributed by atoms with E-state index in [0.29, 0.717) is 12.1 Å². The molecule has 0 radical (unpaired) electrons. The Labute approximate surface area is 236 Å². The summed E-state index contributed by atoms with van der Waals surface area (Å²) in [5.41, 5.74) is -6.80. The minimum atomic E-state index is -6.33. The highest BCUT2D eigenvalue weighted by Crippen LogP contribution is 2.54. The van der Waals surface area contributed by atoms with Crippen LogP contribution >= 0.6 is 0 Å². The van der Waals surface area contributed by atoms with Gasteiger partial charge in [-0.05, 0) is 79.1 Å². The highest BCUT2D eigenvalue weighted by Gasteiger charge is 2.73. The molecule has 0 bridgehead atoms. The molecule has 4 rings (SSSR count). The number of carbonyl (C=O) groups excluding carboxylic acids is 1. The lowest BCUT2D eigenvalue weighted by Gasteiger charge is -2.40. The normalized spacial score (nSPS) is 20.3. The van der Waals surface area contributed by atoms with Crippen LogP contribution in [0.1, 0.15) is 48.8 Å². The quantitative estimate of drug-likeness (QED) is 0.193. The molecule has 4 nitrogen and oxygen atoms in total. The number of Topliss-reactive ketones (excluding diaryl/α,β-unsaturated/α-hetero) is 1. The van der Waals surface area contributed by atoms with Gasteiger partial charge < -0.3 is 0 Å². The van der Waals surface area contributed by atoms with Crippen LogP contribution in [0.3, 0.4) is 0 Å². The van der Waals surface area contributed by atoms with E-state index >= 15 is 0 Å². The number of hydrogen-bond acceptors (Lipinski definition) is 4. The molecule has 13 heteroatoms. The molecule has 0 N–H and O–H groups in total. The molecule has 42 heavy (non-hydrogen) atoms. The van der Waals surface area contributed by atoms with Crippen molar-refractivity contribution in [3.8, 4) is 0 Å². The first-order valence-electron chi connectivity index (χ1n) is 12.9. The second-order valence-corrected chi connectivity index (χ2v) is 12.7. The fourth-order valence-corrected chi connectivity index (χ4v) is 7.68. The molecule has 1 fully saturated rings. The maximum atomic E-state index is 14.6. The van der Waals surface area contributed by atoms with E-state index < -0.39 is 44.0 Å². The average molecular weight is 620 g/mol. The molecule has 2 aromatic carbocycles. The Morgan fingerprint density at radius 3 is 1.83 bits per heavy atom. The number of ketones is 1. The summed E-state index contributed by atoms with van der Waals surface area (Å²) >= 11 is 0. The first kappa shape index (κ1) is 31.6. The number of pyridine rings is 1. The van der Waals surface area contributed by atoms with Crippen LogP contribution in [0, 0.1) is 11.7 Å². The Morgan fingerprint density at radius 1 is 0.810 bits per heavy atom. The molecule has 1 aliphatic carbocycles. The number of rotatable bonds is 8. The molecule has 3 aromatic rings. The smallest absolute Gasteiger partial charge is 0.299 e. The maximum absolute atomic E-state index is 14.6. The van der Waals surface area contributed by atoms with Crippen LogP contribution in [-0.2, 0) is 31.5 Å². The number of halogens is 8. The van der Waals surface area contributed by atoms with Crippen molar-refractivity contribution < 1.29 is 48.3 Å². The zero-order valence-electron chi connectivity index (χ0n) is 21.9. The van der Waals surface area contributed by atoms with Gasteiger partial charge in [0.15, 0.2) is 9.84 Å². The topological polar surface area (TPSA) is 64.1 Å². The molecule has 0 aliphatic heterocycles. The van der Waals surface area contributed by atoms with Crippen LogP contribution in [0.25, 0.3) is 0 Å². The van der Waals surface area contributed by atoms with Gasteiger partial charge in [-0.3, -0.25) is 9.78 Å². The number of hydrogen-bond donors (Lipinski definition) is 0. The summed E-state index contributed by atoms with van der Waals surface area (Å²) in [5, 5.41) is 0. The summed E-state index contributed by atoms with van der Waals surface area (Å²) in [7, 11) is -4.40. The predicted molar refractivity (Wildman–Crippen MR) is 136 cm³/mol.